The molecule has 4 aromatic rings. The molecule has 0 atom stereocenters. The number of rotatable bonds is 9. The smallest absolute Gasteiger partial charge is 0.248 e. The second-order valence-corrected chi connectivity index (χ2v) is 8.68. The lowest BCUT2D eigenvalue weighted by Gasteiger charge is -2.12. The van der Waals surface area contributed by atoms with Crippen LogP contribution in [0.25, 0.3) is 17.1 Å². The Kier molecular flexibility index (Phi) is 7.69. The summed E-state index contributed by atoms with van der Waals surface area (Å²) in [6, 6.07) is 21.3. The third kappa shape index (κ3) is 5.82. The zero-order valence-corrected chi connectivity index (χ0v) is 20.3. The number of carbonyl (C=O) groups excluding carboxylic acids is 2. The fraction of sp³-hybridized carbons (Fsp3) is 0.120. The number of primary amides is 1. The number of amides is 2. The van der Waals surface area contributed by atoms with Gasteiger partial charge in [0.2, 0.25) is 11.8 Å². The van der Waals surface area contributed by atoms with E-state index >= 15 is 0 Å². The molecule has 178 valence electrons. The predicted molar refractivity (Wildman–Crippen MR) is 137 cm³/mol. The Labute approximate surface area is 211 Å². The van der Waals surface area contributed by atoms with E-state index in [9.17, 15) is 9.59 Å². The lowest BCUT2D eigenvalue weighted by atomic mass is 10.2. The zero-order chi connectivity index (χ0) is 24.8. The van der Waals surface area contributed by atoms with Gasteiger partial charge >= 0.3 is 0 Å². The van der Waals surface area contributed by atoms with E-state index in [4.69, 9.17) is 22.1 Å². The second kappa shape index (κ2) is 11.1. The molecule has 10 heteroatoms. The maximum Gasteiger partial charge on any atom is 0.248 e. The number of aromatic nitrogens is 3. The third-order valence-electron chi connectivity index (χ3n) is 4.94. The Morgan fingerprint density at radius 3 is 2.40 bits per heavy atom. The SMILES string of the molecule is CCOc1ccc(-n2c(SCC(=O)Nc3ccc(C(N)=O)cc3)nnc2-c2ccccc2Cl)cc1. The summed E-state index contributed by atoms with van der Waals surface area (Å²) in [5.74, 6) is 0.642. The maximum absolute atomic E-state index is 12.6. The molecule has 3 aromatic carbocycles. The van der Waals surface area contributed by atoms with Crippen LogP contribution in [0.1, 0.15) is 17.3 Å². The molecule has 2 amide bonds. The number of benzene rings is 3. The van der Waals surface area contributed by atoms with Gasteiger partial charge in [-0.1, -0.05) is 35.5 Å². The average Bonchev–Trinajstić information content (AvgIpc) is 3.28. The van der Waals surface area contributed by atoms with Crippen LogP contribution >= 0.6 is 23.4 Å². The van der Waals surface area contributed by atoms with Crippen LogP contribution in [0.5, 0.6) is 5.75 Å². The molecule has 0 saturated carbocycles. The van der Waals surface area contributed by atoms with Crippen molar-refractivity contribution in [3.63, 3.8) is 0 Å². The van der Waals surface area contributed by atoms with Gasteiger partial charge in [-0.2, -0.15) is 0 Å². The van der Waals surface area contributed by atoms with Gasteiger partial charge in [0.25, 0.3) is 0 Å². The first-order valence-electron chi connectivity index (χ1n) is 10.7. The summed E-state index contributed by atoms with van der Waals surface area (Å²) in [6.45, 7) is 2.49. The van der Waals surface area contributed by atoms with Crippen LogP contribution in [-0.2, 0) is 4.79 Å². The molecule has 1 heterocycles. The number of halogens is 1. The van der Waals surface area contributed by atoms with Crippen molar-refractivity contribution in [2.24, 2.45) is 5.73 Å². The fourth-order valence-electron chi connectivity index (χ4n) is 3.32. The van der Waals surface area contributed by atoms with Crippen molar-refractivity contribution in [3.8, 4) is 22.8 Å². The number of ether oxygens (including phenoxy) is 1. The van der Waals surface area contributed by atoms with Gasteiger partial charge in [0.15, 0.2) is 11.0 Å². The molecule has 0 bridgehead atoms. The Morgan fingerprint density at radius 1 is 1.03 bits per heavy atom. The Balaban J connectivity index is 1.58. The Hall–Kier alpha value is -3.82. The number of nitrogens with zero attached hydrogens (tertiary/aromatic N) is 3. The highest BCUT2D eigenvalue weighted by Crippen LogP contribution is 2.32. The van der Waals surface area contributed by atoms with Gasteiger partial charge in [0.1, 0.15) is 5.75 Å². The molecule has 3 N–H and O–H groups in total. The van der Waals surface area contributed by atoms with Crippen molar-refractivity contribution < 1.29 is 14.3 Å². The lowest BCUT2D eigenvalue weighted by molar-refractivity contribution is -0.113. The highest BCUT2D eigenvalue weighted by molar-refractivity contribution is 7.99. The monoisotopic (exact) mass is 507 g/mol. The molecule has 0 aliphatic carbocycles. The van der Waals surface area contributed by atoms with Gasteiger partial charge in [-0.3, -0.25) is 14.2 Å². The maximum atomic E-state index is 12.6. The predicted octanol–water partition coefficient (Wildman–Crippen LogP) is 4.82. The largest absolute Gasteiger partial charge is 0.494 e. The highest BCUT2D eigenvalue weighted by atomic mass is 35.5. The van der Waals surface area contributed by atoms with Gasteiger partial charge in [0.05, 0.1) is 17.4 Å². The Morgan fingerprint density at radius 2 is 1.74 bits per heavy atom. The fourth-order valence-corrected chi connectivity index (χ4v) is 4.29. The zero-order valence-electron chi connectivity index (χ0n) is 18.8. The van der Waals surface area contributed by atoms with Crippen LogP contribution < -0.4 is 15.8 Å². The molecule has 8 nitrogen and oxygen atoms in total. The summed E-state index contributed by atoms with van der Waals surface area (Å²) in [4.78, 5) is 23.8. The number of hydrogen-bond donors (Lipinski definition) is 2. The molecule has 0 spiro atoms. The van der Waals surface area contributed by atoms with Gasteiger partial charge in [-0.05, 0) is 67.6 Å². The summed E-state index contributed by atoms with van der Waals surface area (Å²) < 4.78 is 7.41. The normalized spacial score (nSPS) is 10.7. The minimum absolute atomic E-state index is 0.0925. The number of nitrogens with one attached hydrogen (secondary N) is 1. The van der Waals surface area contributed by atoms with E-state index in [1.807, 2.05) is 54.0 Å². The molecule has 35 heavy (non-hydrogen) atoms. The van der Waals surface area contributed by atoms with Crippen LogP contribution in [0.15, 0.2) is 78.0 Å². The third-order valence-corrected chi connectivity index (χ3v) is 6.20. The molecular weight excluding hydrogens is 486 g/mol. The van der Waals surface area contributed by atoms with Crippen molar-refractivity contribution in [3.05, 3.63) is 83.4 Å². The number of carbonyl (C=O) groups is 2. The quantitative estimate of drug-likeness (QED) is 0.314. The van der Waals surface area contributed by atoms with Gasteiger partial charge in [-0.15, -0.1) is 10.2 Å². The highest BCUT2D eigenvalue weighted by Gasteiger charge is 2.19. The average molecular weight is 508 g/mol. The molecule has 0 fully saturated rings. The van der Waals surface area contributed by atoms with Gasteiger partial charge in [-0.25, -0.2) is 0 Å². The first-order valence-corrected chi connectivity index (χ1v) is 12.1. The van der Waals surface area contributed by atoms with E-state index in [-0.39, 0.29) is 11.7 Å². The van der Waals surface area contributed by atoms with E-state index in [1.165, 1.54) is 11.8 Å². The van der Waals surface area contributed by atoms with Gasteiger partial charge in [0, 0.05) is 22.5 Å². The van der Waals surface area contributed by atoms with Crippen LogP contribution in [0.2, 0.25) is 5.02 Å². The standard InChI is InChI=1S/C25H22ClN5O3S/c1-2-34-19-13-11-18(12-14-19)31-24(20-5-3-4-6-21(20)26)29-30-25(31)35-15-22(32)28-17-9-7-16(8-10-17)23(27)33/h3-14H,2,15H2,1H3,(H2,27,33)(H,28,32). The van der Waals surface area contributed by atoms with Crippen LogP contribution in [0, 0.1) is 0 Å². The molecule has 0 aliphatic rings. The number of nitrogens with two attached hydrogens (primary N) is 1. The van der Waals surface area contributed by atoms with Crippen LogP contribution in [0.4, 0.5) is 5.69 Å². The number of thioether (sulfide) groups is 1. The lowest BCUT2D eigenvalue weighted by Crippen LogP contribution is -2.15. The van der Waals surface area contributed by atoms with Gasteiger partial charge < -0.3 is 15.8 Å². The summed E-state index contributed by atoms with van der Waals surface area (Å²) in [6.07, 6.45) is 0. The summed E-state index contributed by atoms with van der Waals surface area (Å²) in [7, 11) is 0. The van der Waals surface area contributed by atoms with Crippen LogP contribution in [-0.4, -0.2) is 38.9 Å². The minimum Gasteiger partial charge on any atom is -0.494 e. The Bertz CT molecular complexity index is 1340. The summed E-state index contributed by atoms with van der Waals surface area (Å²) in [5, 5.41) is 12.6. The van der Waals surface area contributed by atoms with E-state index < -0.39 is 5.91 Å². The summed E-state index contributed by atoms with van der Waals surface area (Å²) in [5.41, 5.74) is 7.71. The van der Waals surface area contributed by atoms with Crippen molar-refractivity contribution in [1.29, 1.82) is 0 Å². The molecule has 0 unspecified atom stereocenters. The first kappa shape index (κ1) is 24.3. The van der Waals surface area contributed by atoms with E-state index in [2.05, 4.69) is 15.5 Å². The van der Waals surface area contributed by atoms with Crippen molar-refractivity contribution >= 4 is 40.9 Å². The number of anilines is 1. The second-order valence-electron chi connectivity index (χ2n) is 7.33. The van der Waals surface area contributed by atoms with E-state index in [1.54, 1.807) is 30.3 Å². The molecular formula is C25H22ClN5O3S. The van der Waals surface area contributed by atoms with Crippen molar-refractivity contribution in [2.75, 3.05) is 17.7 Å². The van der Waals surface area contributed by atoms with Crippen LogP contribution in [0.3, 0.4) is 0 Å². The van der Waals surface area contributed by atoms with E-state index in [0.29, 0.717) is 33.9 Å². The minimum atomic E-state index is -0.526. The van der Waals surface area contributed by atoms with Crippen molar-refractivity contribution in [1.82, 2.24) is 14.8 Å². The van der Waals surface area contributed by atoms with E-state index in [0.717, 1.165) is 17.0 Å². The number of hydrogen-bond acceptors (Lipinski definition) is 6. The molecule has 4 rings (SSSR count). The molecule has 1 aromatic heterocycles. The first-order chi connectivity index (χ1) is 17.0. The molecule has 0 saturated heterocycles. The van der Waals surface area contributed by atoms with Crippen molar-refractivity contribution in [2.45, 2.75) is 12.1 Å². The topological polar surface area (TPSA) is 112 Å². The molecule has 0 aliphatic heterocycles. The summed E-state index contributed by atoms with van der Waals surface area (Å²) >= 11 is 7.68. The molecule has 0 radical (unpaired) electrons.